The molecule has 1 rings (SSSR count). The molecule has 1 aliphatic heterocycles. The first-order valence-corrected chi connectivity index (χ1v) is 8.74. The number of rotatable bonds is 7. The van der Waals surface area contributed by atoms with E-state index in [9.17, 15) is 62.3 Å². The van der Waals surface area contributed by atoms with Gasteiger partial charge in [0.25, 0.3) is 0 Å². The Morgan fingerprint density at radius 3 is 1.48 bits per heavy atom. The van der Waals surface area contributed by atoms with Crippen LogP contribution in [-0.2, 0) is 23.8 Å². The van der Waals surface area contributed by atoms with Gasteiger partial charge in [0.05, 0.1) is 12.7 Å². The number of esters is 2. The number of carbonyl (C=O) groups is 2. The van der Waals surface area contributed by atoms with Gasteiger partial charge >= 0.3 is 36.6 Å². The van der Waals surface area contributed by atoms with Gasteiger partial charge < -0.3 is 14.2 Å². The van der Waals surface area contributed by atoms with E-state index in [2.05, 4.69) is 9.47 Å². The highest BCUT2D eigenvalue weighted by molar-refractivity contribution is 5.76. The van der Waals surface area contributed by atoms with Crippen molar-refractivity contribution in [1.82, 2.24) is 4.90 Å². The van der Waals surface area contributed by atoms with Crippen LogP contribution in [0.5, 0.6) is 0 Å². The van der Waals surface area contributed by atoms with Gasteiger partial charge in [-0.05, 0) is 12.8 Å². The minimum atomic E-state index is -5.70. The molecular formula is C15H15F12NO5. The summed E-state index contributed by atoms with van der Waals surface area (Å²) in [6.07, 6.45) is -30.2. The molecule has 33 heavy (non-hydrogen) atoms. The number of halogens is 12. The maximum atomic E-state index is 12.9. The van der Waals surface area contributed by atoms with E-state index >= 15 is 0 Å². The van der Waals surface area contributed by atoms with Crippen LogP contribution in [0.1, 0.15) is 12.8 Å². The third-order valence-electron chi connectivity index (χ3n) is 4.13. The van der Waals surface area contributed by atoms with Crippen molar-refractivity contribution < 1.29 is 76.5 Å². The lowest BCUT2D eigenvalue weighted by Gasteiger charge is -2.35. The van der Waals surface area contributed by atoms with Gasteiger partial charge in [0.1, 0.15) is 0 Å². The molecule has 0 amide bonds. The quantitative estimate of drug-likeness (QED) is 0.381. The van der Waals surface area contributed by atoms with Crippen LogP contribution in [-0.4, -0.2) is 86.1 Å². The van der Waals surface area contributed by atoms with Crippen molar-refractivity contribution in [3.63, 3.8) is 0 Å². The van der Waals surface area contributed by atoms with Crippen molar-refractivity contribution in [2.24, 2.45) is 0 Å². The molecule has 0 N–H and O–H groups in total. The molecule has 1 heterocycles. The number of likely N-dealkylation sites (tertiary alicyclic amines) is 1. The molecule has 0 aromatic heterocycles. The van der Waals surface area contributed by atoms with Crippen LogP contribution in [0.3, 0.4) is 0 Å². The second kappa shape index (κ2) is 10.5. The average Bonchev–Trinajstić information content (AvgIpc) is 2.62. The van der Waals surface area contributed by atoms with E-state index in [1.165, 1.54) is 0 Å². The number of hydrogen-bond donors (Lipinski definition) is 0. The summed E-state index contributed by atoms with van der Waals surface area (Å²) in [6, 6.07) is 0. The molecule has 1 fully saturated rings. The largest absolute Gasteiger partial charge is 0.490 e. The third kappa shape index (κ3) is 9.81. The topological polar surface area (TPSA) is 65.1 Å². The van der Waals surface area contributed by atoms with Crippen molar-refractivity contribution >= 4 is 11.9 Å². The van der Waals surface area contributed by atoms with Crippen molar-refractivity contribution in [1.29, 1.82) is 0 Å². The standard InChI is InChI=1S/C15H15F12NO5/c16-12(17,18)8(32-10(29)14(22,23)24)5-28-3-1-7(2-4-28)31-6-9(13(19,20)21)33-11(30)15(25,26)27/h7-9H,1-6H2. The molecule has 1 saturated heterocycles. The summed E-state index contributed by atoms with van der Waals surface area (Å²) in [7, 11) is 0. The van der Waals surface area contributed by atoms with Gasteiger partial charge in [0, 0.05) is 19.6 Å². The maximum absolute atomic E-state index is 12.9. The first-order chi connectivity index (χ1) is 14.7. The first-order valence-electron chi connectivity index (χ1n) is 8.74. The van der Waals surface area contributed by atoms with Crippen LogP contribution in [0.15, 0.2) is 0 Å². The monoisotopic (exact) mass is 517 g/mol. The van der Waals surface area contributed by atoms with Crippen LogP contribution in [0, 0.1) is 0 Å². The van der Waals surface area contributed by atoms with E-state index in [-0.39, 0.29) is 25.9 Å². The normalized spacial score (nSPS) is 19.2. The van der Waals surface area contributed by atoms with E-state index in [0.29, 0.717) is 0 Å². The SMILES string of the molecule is O=C(OC(COC1CCN(CC(OC(=O)C(F)(F)F)C(F)(F)F)CC1)C(F)(F)F)C(F)(F)F. The molecule has 0 saturated carbocycles. The summed E-state index contributed by atoms with van der Waals surface area (Å²) in [6.45, 7) is -3.42. The molecular weight excluding hydrogens is 502 g/mol. The number of hydrogen-bond acceptors (Lipinski definition) is 6. The molecule has 0 aromatic carbocycles. The predicted molar refractivity (Wildman–Crippen MR) is 79.4 cm³/mol. The zero-order chi connectivity index (χ0) is 25.8. The smallest absolute Gasteiger partial charge is 0.445 e. The molecule has 2 unspecified atom stereocenters. The molecule has 2 atom stereocenters. The number of ether oxygens (including phenoxy) is 3. The Hall–Kier alpha value is -1.98. The van der Waals surface area contributed by atoms with Gasteiger partial charge in [-0.2, -0.15) is 52.7 Å². The summed E-state index contributed by atoms with van der Waals surface area (Å²) >= 11 is 0. The van der Waals surface area contributed by atoms with Crippen molar-refractivity contribution in [3.05, 3.63) is 0 Å². The Balaban J connectivity index is 2.63. The van der Waals surface area contributed by atoms with Crippen molar-refractivity contribution in [2.45, 2.75) is 55.9 Å². The molecule has 0 bridgehead atoms. The minimum absolute atomic E-state index is 0.268. The van der Waals surface area contributed by atoms with Gasteiger partial charge in [-0.25, -0.2) is 9.59 Å². The number of carbonyl (C=O) groups excluding carboxylic acids is 2. The fourth-order valence-corrected chi connectivity index (χ4v) is 2.51. The summed E-state index contributed by atoms with van der Waals surface area (Å²) in [5, 5.41) is 0. The Bertz CT molecular complexity index is 664. The van der Waals surface area contributed by atoms with Gasteiger partial charge in [0.2, 0.25) is 12.2 Å². The summed E-state index contributed by atoms with van der Waals surface area (Å²) < 4.78 is 161. The maximum Gasteiger partial charge on any atom is 0.490 e. The van der Waals surface area contributed by atoms with Gasteiger partial charge in [-0.3, -0.25) is 4.90 Å². The molecule has 194 valence electrons. The zero-order valence-electron chi connectivity index (χ0n) is 16.0. The predicted octanol–water partition coefficient (Wildman–Crippen LogP) is 3.54. The Morgan fingerprint density at radius 1 is 0.727 bits per heavy atom. The van der Waals surface area contributed by atoms with Gasteiger partial charge in [0.15, 0.2) is 0 Å². The van der Waals surface area contributed by atoms with Crippen molar-refractivity contribution in [2.75, 3.05) is 26.2 Å². The van der Waals surface area contributed by atoms with Gasteiger partial charge in [-0.15, -0.1) is 0 Å². The summed E-state index contributed by atoms with van der Waals surface area (Å²) in [5.74, 6) is -6.16. The number of alkyl halides is 12. The Labute approximate surface area is 176 Å². The molecule has 0 aromatic rings. The fourth-order valence-electron chi connectivity index (χ4n) is 2.51. The minimum Gasteiger partial charge on any atom is -0.445 e. The van der Waals surface area contributed by atoms with Gasteiger partial charge in [-0.1, -0.05) is 0 Å². The van der Waals surface area contributed by atoms with E-state index < -0.39 is 68.1 Å². The van der Waals surface area contributed by atoms with E-state index in [1.807, 2.05) is 0 Å². The second-order valence-electron chi connectivity index (χ2n) is 6.70. The molecule has 1 aliphatic rings. The number of nitrogens with zero attached hydrogens (tertiary/aromatic N) is 1. The van der Waals surface area contributed by atoms with Crippen LogP contribution >= 0.6 is 0 Å². The summed E-state index contributed by atoms with van der Waals surface area (Å²) in [5.41, 5.74) is 0. The summed E-state index contributed by atoms with van der Waals surface area (Å²) in [4.78, 5) is 22.2. The Morgan fingerprint density at radius 2 is 1.12 bits per heavy atom. The molecule has 0 radical (unpaired) electrons. The molecule has 0 spiro atoms. The lowest BCUT2D eigenvalue weighted by Crippen LogP contribution is -2.49. The lowest BCUT2D eigenvalue weighted by molar-refractivity contribution is -0.256. The molecule has 0 aliphatic carbocycles. The first kappa shape index (κ1) is 29.1. The third-order valence-corrected chi connectivity index (χ3v) is 4.13. The Kier molecular flexibility index (Phi) is 9.26. The van der Waals surface area contributed by atoms with Crippen LogP contribution < -0.4 is 0 Å². The fraction of sp³-hybridized carbons (Fsp3) is 0.867. The highest BCUT2D eigenvalue weighted by atomic mass is 19.4. The van der Waals surface area contributed by atoms with E-state index in [4.69, 9.17) is 4.74 Å². The average molecular weight is 517 g/mol. The second-order valence-corrected chi connectivity index (χ2v) is 6.70. The van der Waals surface area contributed by atoms with Crippen LogP contribution in [0.4, 0.5) is 52.7 Å². The highest BCUT2D eigenvalue weighted by Crippen LogP contribution is 2.30. The molecule has 18 heteroatoms. The van der Waals surface area contributed by atoms with Crippen molar-refractivity contribution in [3.8, 4) is 0 Å². The highest BCUT2D eigenvalue weighted by Gasteiger charge is 2.51. The van der Waals surface area contributed by atoms with Crippen LogP contribution in [0.25, 0.3) is 0 Å². The number of piperidine rings is 1. The van der Waals surface area contributed by atoms with Crippen LogP contribution in [0.2, 0.25) is 0 Å². The van der Waals surface area contributed by atoms with E-state index in [1.54, 1.807) is 0 Å². The molecule has 6 nitrogen and oxygen atoms in total. The van der Waals surface area contributed by atoms with E-state index in [0.717, 1.165) is 4.90 Å². The zero-order valence-corrected chi connectivity index (χ0v) is 16.0. The lowest BCUT2D eigenvalue weighted by atomic mass is 10.1.